The van der Waals surface area contributed by atoms with Gasteiger partial charge in [-0.25, -0.2) is 4.90 Å². The van der Waals surface area contributed by atoms with Gasteiger partial charge in [-0.15, -0.1) is 0 Å². The van der Waals surface area contributed by atoms with Crippen molar-refractivity contribution in [2.75, 3.05) is 15.5 Å². The quantitative estimate of drug-likeness (QED) is 0.507. The summed E-state index contributed by atoms with van der Waals surface area (Å²) in [5, 5.41) is 6.44. The molecule has 0 aliphatic carbocycles. The maximum absolute atomic E-state index is 13.5. The molecule has 0 unspecified atom stereocenters. The number of benzene rings is 3. The van der Waals surface area contributed by atoms with Gasteiger partial charge in [-0.05, 0) is 67.4 Å². The first-order valence-electron chi connectivity index (χ1n) is 10.4. The van der Waals surface area contributed by atoms with Crippen LogP contribution in [0.1, 0.15) is 23.6 Å². The fourth-order valence-corrected chi connectivity index (χ4v) is 3.89. The zero-order valence-corrected chi connectivity index (χ0v) is 19.2. The monoisotopic (exact) mass is 459 g/mol. The Morgan fingerprint density at radius 2 is 1.55 bits per heavy atom. The molecule has 4 rings (SSSR count). The lowest BCUT2D eigenvalue weighted by atomic mass is 10.0. The average Bonchev–Trinajstić information content (AvgIpc) is 3.00. The highest BCUT2D eigenvalue weighted by Gasteiger charge is 2.40. The zero-order chi connectivity index (χ0) is 23.7. The average molecular weight is 460 g/mol. The summed E-state index contributed by atoms with van der Waals surface area (Å²) in [6.45, 7) is 5.23. The molecule has 33 heavy (non-hydrogen) atoms. The Morgan fingerprint density at radius 1 is 0.879 bits per heavy atom. The van der Waals surface area contributed by atoms with Gasteiger partial charge >= 0.3 is 0 Å². The number of rotatable bonds is 5. The number of hydrogen-bond donors (Lipinski definition) is 2. The Bertz CT molecular complexity index is 1300. The van der Waals surface area contributed by atoms with E-state index in [4.69, 9.17) is 11.6 Å². The summed E-state index contributed by atoms with van der Waals surface area (Å²) in [5.41, 5.74) is 4.62. The fraction of sp³-hybridized carbons (Fsp3) is 0.115. The van der Waals surface area contributed by atoms with Gasteiger partial charge in [-0.1, -0.05) is 41.4 Å². The number of anilines is 3. The van der Waals surface area contributed by atoms with Gasteiger partial charge in [-0.3, -0.25) is 14.4 Å². The molecule has 7 heteroatoms. The van der Waals surface area contributed by atoms with Gasteiger partial charge in [0.05, 0.1) is 11.3 Å². The number of nitrogens with zero attached hydrogens (tertiary/aromatic N) is 1. The number of halogens is 1. The van der Waals surface area contributed by atoms with Crippen LogP contribution in [0.5, 0.6) is 0 Å². The van der Waals surface area contributed by atoms with Crippen LogP contribution in [0.15, 0.2) is 72.4 Å². The molecular weight excluding hydrogens is 438 g/mol. The van der Waals surface area contributed by atoms with Crippen molar-refractivity contribution >= 4 is 52.0 Å². The highest BCUT2D eigenvalue weighted by atomic mass is 35.5. The van der Waals surface area contributed by atoms with Gasteiger partial charge in [0.15, 0.2) is 0 Å². The Balaban J connectivity index is 1.80. The molecule has 1 aliphatic rings. The Kier molecular flexibility index (Phi) is 6.03. The minimum Gasteiger partial charge on any atom is -0.350 e. The van der Waals surface area contributed by atoms with Crippen molar-refractivity contribution in [2.24, 2.45) is 0 Å². The van der Waals surface area contributed by atoms with E-state index in [1.54, 1.807) is 54.6 Å². The number of imide groups is 1. The Hall–Kier alpha value is -3.90. The summed E-state index contributed by atoms with van der Waals surface area (Å²) >= 11 is 6.08. The lowest BCUT2D eigenvalue weighted by Gasteiger charge is -2.16. The molecule has 0 saturated heterocycles. The first-order valence-corrected chi connectivity index (χ1v) is 10.7. The predicted molar refractivity (Wildman–Crippen MR) is 131 cm³/mol. The molecule has 0 bridgehead atoms. The number of carbonyl (C=O) groups is 3. The van der Waals surface area contributed by atoms with E-state index in [1.165, 1.54) is 11.8 Å². The normalized spacial score (nSPS) is 13.5. The maximum atomic E-state index is 13.5. The third-order valence-corrected chi connectivity index (χ3v) is 5.55. The van der Waals surface area contributed by atoms with Crippen LogP contribution in [0.4, 0.5) is 17.1 Å². The van der Waals surface area contributed by atoms with Crippen LogP contribution in [-0.2, 0) is 14.4 Å². The molecule has 0 fully saturated rings. The zero-order valence-electron chi connectivity index (χ0n) is 18.4. The van der Waals surface area contributed by atoms with E-state index < -0.39 is 11.8 Å². The molecule has 6 nitrogen and oxygen atoms in total. The Labute approximate surface area is 196 Å². The molecule has 2 N–H and O–H groups in total. The molecule has 0 aromatic heterocycles. The van der Waals surface area contributed by atoms with Crippen molar-refractivity contribution in [3.63, 3.8) is 0 Å². The first-order chi connectivity index (χ1) is 15.7. The third kappa shape index (κ3) is 4.52. The van der Waals surface area contributed by atoms with Crippen molar-refractivity contribution in [1.29, 1.82) is 0 Å². The van der Waals surface area contributed by atoms with Gasteiger partial charge < -0.3 is 10.6 Å². The molecule has 3 aromatic carbocycles. The van der Waals surface area contributed by atoms with Gasteiger partial charge in [0, 0.05) is 23.3 Å². The van der Waals surface area contributed by atoms with Crippen molar-refractivity contribution in [1.82, 2.24) is 0 Å². The molecule has 0 spiro atoms. The maximum Gasteiger partial charge on any atom is 0.282 e. The number of carbonyl (C=O) groups excluding carboxylic acids is 3. The van der Waals surface area contributed by atoms with Crippen LogP contribution in [0.3, 0.4) is 0 Å². The highest BCUT2D eigenvalue weighted by molar-refractivity contribution is 6.46. The summed E-state index contributed by atoms with van der Waals surface area (Å²) < 4.78 is 0. The standard InChI is InChI=1S/C26H22ClN3O3/c1-15-4-11-21(12-5-15)30-25(32)23(18-6-9-20(10-7-18)28-17(3)31)24(26(30)33)29-22-13-8-19(27)14-16(22)2/h4-14,29H,1-3H3,(H,28,31). The summed E-state index contributed by atoms with van der Waals surface area (Å²) in [5.74, 6) is -1.07. The largest absolute Gasteiger partial charge is 0.350 e. The number of aryl methyl sites for hydroxylation is 2. The molecule has 3 aromatic rings. The molecule has 1 heterocycles. The van der Waals surface area contributed by atoms with Crippen LogP contribution in [0.2, 0.25) is 5.02 Å². The molecule has 0 saturated carbocycles. The fourth-order valence-electron chi connectivity index (χ4n) is 3.67. The van der Waals surface area contributed by atoms with Crippen molar-refractivity contribution < 1.29 is 14.4 Å². The van der Waals surface area contributed by atoms with Crippen LogP contribution >= 0.6 is 11.6 Å². The van der Waals surface area contributed by atoms with Crippen LogP contribution in [0, 0.1) is 13.8 Å². The summed E-state index contributed by atoms with van der Waals surface area (Å²) in [6.07, 6.45) is 0. The molecule has 3 amide bonds. The van der Waals surface area contributed by atoms with Crippen molar-refractivity contribution in [2.45, 2.75) is 20.8 Å². The minimum absolute atomic E-state index is 0.179. The molecule has 1 aliphatic heterocycles. The van der Waals surface area contributed by atoms with Crippen molar-refractivity contribution in [3.05, 3.63) is 94.1 Å². The van der Waals surface area contributed by atoms with E-state index in [9.17, 15) is 14.4 Å². The second-order valence-electron chi connectivity index (χ2n) is 7.87. The summed E-state index contributed by atoms with van der Waals surface area (Å²) in [6, 6.07) is 19.3. The van der Waals surface area contributed by atoms with Crippen molar-refractivity contribution in [3.8, 4) is 0 Å². The van der Waals surface area contributed by atoms with Crippen LogP contribution < -0.4 is 15.5 Å². The molecule has 0 atom stereocenters. The predicted octanol–water partition coefficient (Wildman–Crippen LogP) is 5.31. The van der Waals surface area contributed by atoms with E-state index in [2.05, 4.69) is 10.6 Å². The highest BCUT2D eigenvalue weighted by Crippen LogP contribution is 2.35. The van der Waals surface area contributed by atoms with Crippen LogP contribution in [0.25, 0.3) is 5.57 Å². The Morgan fingerprint density at radius 3 is 2.15 bits per heavy atom. The van der Waals surface area contributed by atoms with Crippen LogP contribution in [-0.4, -0.2) is 17.7 Å². The second-order valence-corrected chi connectivity index (χ2v) is 8.31. The minimum atomic E-state index is -0.445. The summed E-state index contributed by atoms with van der Waals surface area (Å²) in [7, 11) is 0. The third-order valence-electron chi connectivity index (χ3n) is 5.32. The van der Waals surface area contributed by atoms with E-state index >= 15 is 0 Å². The van der Waals surface area contributed by atoms with Gasteiger partial charge in [0.1, 0.15) is 5.70 Å². The van der Waals surface area contributed by atoms with Gasteiger partial charge in [0.25, 0.3) is 11.8 Å². The number of hydrogen-bond acceptors (Lipinski definition) is 4. The van der Waals surface area contributed by atoms with E-state index in [0.717, 1.165) is 11.1 Å². The lowest BCUT2D eigenvalue weighted by Crippen LogP contribution is -2.32. The molecule has 0 radical (unpaired) electrons. The molecule has 166 valence electrons. The van der Waals surface area contributed by atoms with E-state index in [-0.39, 0.29) is 17.2 Å². The van der Waals surface area contributed by atoms with Gasteiger partial charge in [-0.2, -0.15) is 0 Å². The first kappa shape index (κ1) is 22.3. The lowest BCUT2D eigenvalue weighted by molar-refractivity contribution is -0.120. The summed E-state index contributed by atoms with van der Waals surface area (Å²) in [4.78, 5) is 39.5. The number of nitrogens with one attached hydrogen (secondary N) is 2. The van der Waals surface area contributed by atoms with Gasteiger partial charge in [0.2, 0.25) is 5.91 Å². The molecular formula is C26H22ClN3O3. The van der Waals surface area contributed by atoms with E-state index in [0.29, 0.717) is 27.6 Å². The number of amides is 3. The SMILES string of the molecule is CC(=O)Nc1ccc(C2=C(Nc3ccc(Cl)cc3C)C(=O)N(c3ccc(C)cc3)C2=O)cc1. The van der Waals surface area contributed by atoms with E-state index in [1.807, 2.05) is 26.0 Å². The second kappa shape index (κ2) is 8.92. The topological polar surface area (TPSA) is 78.5 Å². The smallest absolute Gasteiger partial charge is 0.282 e.